The molecular formula is C10H12KN3O4. The molecule has 0 amide bonds. The van der Waals surface area contributed by atoms with Crippen molar-refractivity contribution in [2.75, 3.05) is 31.2 Å². The van der Waals surface area contributed by atoms with Crippen molar-refractivity contribution in [1.29, 1.82) is 0 Å². The van der Waals surface area contributed by atoms with Crippen LogP contribution in [0.15, 0.2) is 10.9 Å². The molecule has 0 atom stereocenters. The number of ether oxygens (including phenoxy) is 1. The van der Waals surface area contributed by atoms with E-state index in [1.807, 2.05) is 4.90 Å². The van der Waals surface area contributed by atoms with Crippen LogP contribution in [0.5, 0.6) is 0 Å². The number of nitrogens with one attached hydrogen (secondary N) is 1. The summed E-state index contributed by atoms with van der Waals surface area (Å²) in [5, 5.41) is 10.5. The summed E-state index contributed by atoms with van der Waals surface area (Å²) in [5.74, 6) is -0.681. The summed E-state index contributed by atoms with van der Waals surface area (Å²) in [6.45, 7) is 2.43. The number of morpholine rings is 1. The Bertz CT molecular complexity index is 470. The topological polar surface area (TPSA) is 98.3 Å². The van der Waals surface area contributed by atoms with Gasteiger partial charge < -0.3 is 24.5 Å². The molecule has 0 unspecified atom stereocenters. The number of carbonyl (C=O) groups is 1. The minimum Gasteiger partial charge on any atom is -0.550 e. The number of aromatic nitrogens is 2. The first-order valence-corrected chi connectivity index (χ1v) is 5.28. The van der Waals surface area contributed by atoms with Crippen molar-refractivity contribution in [2.45, 2.75) is 6.42 Å². The second-order valence-electron chi connectivity index (χ2n) is 3.70. The molecule has 1 N–H and O–H groups in total. The van der Waals surface area contributed by atoms with E-state index in [9.17, 15) is 14.7 Å². The molecule has 1 aliphatic heterocycles. The zero-order chi connectivity index (χ0) is 12.3. The molecule has 92 valence electrons. The molecule has 2 heterocycles. The van der Waals surface area contributed by atoms with Crippen LogP contribution in [0.2, 0.25) is 0 Å². The van der Waals surface area contributed by atoms with Gasteiger partial charge in [0.25, 0.3) is 5.56 Å². The summed E-state index contributed by atoms with van der Waals surface area (Å²) < 4.78 is 5.19. The second-order valence-corrected chi connectivity index (χ2v) is 3.70. The van der Waals surface area contributed by atoms with Crippen LogP contribution >= 0.6 is 0 Å². The fraction of sp³-hybridized carbons (Fsp3) is 0.500. The van der Waals surface area contributed by atoms with Crippen LogP contribution in [0.3, 0.4) is 0 Å². The zero-order valence-electron chi connectivity index (χ0n) is 10.1. The predicted molar refractivity (Wildman–Crippen MR) is 56.6 cm³/mol. The molecule has 2 rings (SSSR count). The number of aliphatic carboxylic acids is 1. The number of anilines is 1. The van der Waals surface area contributed by atoms with E-state index < -0.39 is 12.4 Å². The Labute approximate surface area is 146 Å². The third kappa shape index (κ3) is 4.45. The quantitative estimate of drug-likeness (QED) is 0.555. The van der Waals surface area contributed by atoms with E-state index in [1.165, 1.54) is 6.07 Å². The monoisotopic (exact) mass is 277 g/mol. The number of rotatable bonds is 3. The van der Waals surface area contributed by atoms with Gasteiger partial charge in [0.05, 0.1) is 13.2 Å². The van der Waals surface area contributed by atoms with E-state index in [4.69, 9.17) is 4.74 Å². The fourth-order valence-corrected chi connectivity index (χ4v) is 1.67. The number of hydrogen-bond acceptors (Lipinski definition) is 6. The number of aromatic amines is 1. The zero-order valence-corrected chi connectivity index (χ0v) is 13.3. The molecule has 0 aromatic carbocycles. The molecule has 7 nitrogen and oxygen atoms in total. The van der Waals surface area contributed by atoms with E-state index in [0.717, 1.165) is 0 Å². The fourth-order valence-electron chi connectivity index (χ4n) is 1.67. The van der Waals surface area contributed by atoms with Crippen molar-refractivity contribution in [3.8, 4) is 0 Å². The van der Waals surface area contributed by atoms with Gasteiger partial charge in [0.1, 0.15) is 11.6 Å². The largest absolute Gasteiger partial charge is 1.00 e. The molecule has 1 aromatic heterocycles. The van der Waals surface area contributed by atoms with E-state index in [2.05, 4.69) is 9.97 Å². The van der Waals surface area contributed by atoms with Gasteiger partial charge in [0, 0.05) is 31.5 Å². The molecule has 0 saturated carbocycles. The first-order valence-electron chi connectivity index (χ1n) is 5.28. The van der Waals surface area contributed by atoms with Crippen LogP contribution < -0.4 is 67.0 Å². The maximum Gasteiger partial charge on any atom is 1.00 e. The molecule has 0 radical (unpaired) electrons. The predicted octanol–water partition coefficient (Wildman–Crippen LogP) is -5.10. The van der Waals surface area contributed by atoms with Gasteiger partial charge in [-0.05, 0) is 0 Å². The van der Waals surface area contributed by atoms with Crippen LogP contribution in [0.25, 0.3) is 0 Å². The average Bonchev–Trinajstić information content (AvgIpc) is 2.28. The smallest absolute Gasteiger partial charge is 0.550 e. The Morgan fingerprint density at radius 1 is 1.50 bits per heavy atom. The van der Waals surface area contributed by atoms with Crippen molar-refractivity contribution in [2.24, 2.45) is 0 Å². The Hall–Kier alpha value is -0.254. The minimum atomic E-state index is -1.27. The molecule has 18 heavy (non-hydrogen) atoms. The Morgan fingerprint density at radius 2 is 2.17 bits per heavy atom. The molecule has 1 aromatic rings. The van der Waals surface area contributed by atoms with E-state index >= 15 is 0 Å². The minimum absolute atomic E-state index is 0. The van der Waals surface area contributed by atoms with Crippen molar-refractivity contribution < 1.29 is 66.0 Å². The Morgan fingerprint density at radius 3 is 2.78 bits per heavy atom. The van der Waals surface area contributed by atoms with Gasteiger partial charge in [0.2, 0.25) is 0 Å². The van der Waals surface area contributed by atoms with Crippen molar-refractivity contribution in [3.05, 3.63) is 22.2 Å². The molecule has 1 saturated heterocycles. The van der Waals surface area contributed by atoms with Gasteiger partial charge in [-0.2, -0.15) is 0 Å². The standard InChI is InChI=1S/C10H13N3O4.K/c14-9-6-8(13-1-3-17-4-2-13)11-7(12-9)5-10(15)16;/h6H,1-5H2,(H,15,16)(H,11,12,14);/q;+1/p-1. The van der Waals surface area contributed by atoms with E-state index in [0.29, 0.717) is 32.1 Å². The average molecular weight is 277 g/mol. The summed E-state index contributed by atoms with van der Waals surface area (Å²) in [6, 6.07) is 1.35. The van der Waals surface area contributed by atoms with Crippen LogP contribution in [-0.4, -0.2) is 42.2 Å². The number of H-pyrrole nitrogens is 1. The van der Waals surface area contributed by atoms with Gasteiger partial charge in [-0.15, -0.1) is 0 Å². The van der Waals surface area contributed by atoms with Gasteiger partial charge in [-0.25, -0.2) is 4.98 Å². The number of hydrogen-bond donors (Lipinski definition) is 1. The van der Waals surface area contributed by atoms with Crippen molar-refractivity contribution >= 4 is 11.8 Å². The Kier molecular flexibility index (Phi) is 6.46. The molecule has 0 aliphatic carbocycles. The van der Waals surface area contributed by atoms with Gasteiger partial charge in [0.15, 0.2) is 0 Å². The third-order valence-corrected chi connectivity index (χ3v) is 2.42. The van der Waals surface area contributed by atoms with E-state index in [1.54, 1.807) is 0 Å². The molecule has 1 fully saturated rings. The molecule has 0 spiro atoms. The molecule has 1 aliphatic rings. The summed E-state index contributed by atoms with van der Waals surface area (Å²) in [7, 11) is 0. The maximum absolute atomic E-state index is 11.4. The van der Waals surface area contributed by atoms with Gasteiger partial charge in [-0.3, -0.25) is 4.79 Å². The SMILES string of the molecule is O=C([O-])Cc1nc(N2CCOCC2)cc(=O)[nH]1.[K+]. The van der Waals surface area contributed by atoms with Gasteiger partial charge >= 0.3 is 51.4 Å². The number of carboxylic acid groups (broad SMARTS) is 1. The van der Waals surface area contributed by atoms with Crippen LogP contribution in [0.1, 0.15) is 5.82 Å². The normalized spacial score (nSPS) is 15.0. The third-order valence-electron chi connectivity index (χ3n) is 2.42. The molecule has 8 heteroatoms. The summed E-state index contributed by atoms with van der Waals surface area (Å²) >= 11 is 0. The Balaban J connectivity index is 0.00000162. The van der Waals surface area contributed by atoms with Crippen LogP contribution in [0.4, 0.5) is 5.82 Å². The first-order chi connectivity index (χ1) is 8.15. The van der Waals surface area contributed by atoms with E-state index in [-0.39, 0.29) is 62.8 Å². The molecule has 0 bridgehead atoms. The van der Waals surface area contributed by atoms with Crippen LogP contribution in [0, 0.1) is 0 Å². The number of carboxylic acids is 1. The summed E-state index contributed by atoms with van der Waals surface area (Å²) in [6.07, 6.45) is -0.395. The number of carbonyl (C=O) groups excluding carboxylic acids is 1. The number of nitrogens with zero attached hydrogens (tertiary/aromatic N) is 2. The summed E-state index contributed by atoms with van der Waals surface area (Å²) in [4.78, 5) is 30.2. The maximum atomic E-state index is 11.4. The van der Waals surface area contributed by atoms with Crippen molar-refractivity contribution in [1.82, 2.24) is 9.97 Å². The second kappa shape index (κ2) is 7.36. The molecular weight excluding hydrogens is 265 g/mol. The van der Waals surface area contributed by atoms with Crippen LogP contribution in [-0.2, 0) is 16.0 Å². The first kappa shape index (κ1) is 15.8. The van der Waals surface area contributed by atoms with Gasteiger partial charge in [-0.1, -0.05) is 0 Å². The van der Waals surface area contributed by atoms with Crippen molar-refractivity contribution in [3.63, 3.8) is 0 Å². The summed E-state index contributed by atoms with van der Waals surface area (Å²) in [5.41, 5.74) is -0.363.